The Bertz CT molecular complexity index is 158. The van der Waals surface area contributed by atoms with Gasteiger partial charge >= 0.3 is 0 Å². The van der Waals surface area contributed by atoms with E-state index >= 15 is 0 Å². The first-order valence-corrected chi connectivity index (χ1v) is 3.09. The Balaban J connectivity index is 2.74. The van der Waals surface area contributed by atoms with Gasteiger partial charge in [0, 0.05) is 4.86 Å². The highest BCUT2D eigenvalue weighted by Crippen LogP contribution is 2.06. The van der Waals surface area contributed by atoms with Gasteiger partial charge in [0.25, 0.3) is 0 Å². The van der Waals surface area contributed by atoms with Crippen LogP contribution < -0.4 is 0 Å². The Kier molecular flexibility index (Phi) is 1.81. The van der Waals surface area contributed by atoms with Gasteiger partial charge in [-0.2, -0.15) is 0 Å². The van der Waals surface area contributed by atoms with Crippen molar-refractivity contribution in [2.75, 3.05) is 0 Å². The monoisotopic (exact) mass is 143 g/mol. The molecule has 0 saturated heterocycles. The smallest absolute Gasteiger partial charge is 0.0876 e. The minimum atomic E-state index is -0.116. The summed E-state index contributed by atoms with van der Waals surface area (Å²) in [7, 11) is 0. The van der Waals surface area contributed by atoms with Crippen LogP contribution in [0.4, 0.5) is 0 Å². The molecule has 0 N–H and O–H groups in total. The Hall–Kier alpha value is -0.140. The van der Waals surface area contributed by atoms with Gasteiger partial charge in [0.15, 0.2) is 0 Å². The fourth-order valence-electron chi connectivity index (χ4n) is 0.450. The highest BCUT2D eigenvalue weighted by Gasteiger charge is 2.05. The van der Waals surface area contributed by atoms with E-state index in [1.54, 1.807) is 6.08 Å². The number of rotatable bonds is 0. The van der Waals surface area contributed by atoms with Crippen LogP contribution in [0.25, 0.3) is 0 Å². The lowest BCUT2D eigenvalue weighted by molar-refractivity contribution is 1.49. The zero-order valence-electron chi connectivity index (χ0n) is 4.10. The SMILES string of the molecule is S=C1[C]=CC=CC1Cl. The number of halogens is 1. The van der Waals surface area contributed by atoms with Crippen molar-refractivity contribution < 1.29 is 0 Å². The van der Waals surface area contributed by atoms with Gasteiger partial charge in [0.2, 0.25) is 0 Å². The maximum atomic E-state index is 5.66. The van der Waals surface area contributed by atoms with Gasteiger partial charge in [-0.15, -0.1) is 11.6 Å². The summed E-state index contributed by atoms with van der Waals surface area (Å²) in [6, 6.07) is 0. The molecule has 1 radical (unpaired) electrons. The van der Waals surface area contributed by atoms with E-state index in [4.69, 9.17) is 23.8 Å². The van der Waals surface area contributed by atoms with Crippen molar-refractivity contribution in [3.8, 4) is 0 Å². The lowest BCUT2D eigenvalue weighted by Gasteiger charge is -2.02. The van der Waals surface area contributed by atoms with Gasteiger partial charge < -0.3 is 0 Å². The van der Waals surface area contributed by atoms with E-state index in [2.05, 4.69) is 6.08 Å². The van der Waals surface area contributed by atoms with Gasteiger partial charge in [0.1, 0.15) is 0 Å². The van der Waals surface area contributed by atoms with Crippen LogP contribution in [0.3, 0.4) is 0 Å². The molecule has 8 heavy (non-hydrogen) atoms. The van der Waals surface area contributed by atoms with Gasteiger partial charge in [-0.25, -0.2) is 0 Å². The Labute approximate surface area is 58.8 Å². The minimum Gasteiger partial charge on any atom is -0.112 e. The summed E-state index contributed by atoms with van der Waals surface area (Å²) in [5, 5.41) is -0.116. The predicted octanol–water partition coefficient (Wildman–Crippen LogP) is 1.89. The van der Waals surface area contributed by atoms with Gasteiger partial charge in [-0.1, -0.05) is 30.4 Å². The molecular formula is C6H4ClS. The minimum absolute atomic E-state index is 0.116. The van der Waals surface area contributed by atoms with Crippen molar-refractivity contribution in [3.05, 3.63) is 24.3 Å². The second-order valence-electron chi connectivity index (χ2n) is 1.46. The van der Waals surface area contributed by atoms with Gasteiger partial charge in [-0.05, 0) is 6.08 Å². The molecule has 0 aromatic rings. The fraction of sp³-hybridized carbons (Fsp3) is 0.167. The summed E-state index contributed by atoms with van der Waals surface area (Å²) in [6.07, 6.45) is 8.26. The van der Waals surface area contributed by atoms with Crippen LogP contribution in [0.2, 0.25) is 0 Å². The molecule has 41 valence electrons. The predicted molar refractivity (Wildman–Crippen MR) is 39.2 cm³/mol. The third-order valence-electron chi connectivity index (χ3n) is 0.852. The number of alkyl halides is 1. The molecule has 0 fully saturated rings. The van der Waals surface area contributed by atoms with Crippen LogP contribution in [0.15, 0.2) is 18.2 Å². The van der Waals surface area contributed by atoms with Gasteiger partial charge in [0.05, 0.1) is 5.38 Å². The summed E-state index contributed by atoms with van der Waals surface area (Å²) in [4.78, 5) is 0.675. The second kappa shape index (κ2) is 2.42. The molecular weight excluding hydrogens is 140 g/mol. The molecule has 0 bridgehead atoms. The van der Waals surface area contributed by atoms with E-state index in [1.807, 2.05) is 12.2 Å². The molecule has 1 rings (SSSR count). The summed E-state index contributed by atoms with van der Waals surface area (Å²) < 4.78 is 0. The molecule has 0 saturated carbocycles. The van der Waals surface area contributed by atoms with Crippen LogP contribution in [0, 0.1) is 6.08 Å². The van der Waals surface area contributed by atoms with E-state index in [-0.39, 0.29) is 5.38 Å². The fourth-order valence-corrected chi connectivity index (χ4v) is 0.744. The highest BCUT2D eigenvalue weighted by molar-refractivity contribution is 7.81. The molecule has 0 spiro atoms. The normalized spacial score (nSPS) is 26.6. The third kappa shape index (κ3) is 1.17. The maximum Gasteiger partial charge on any atom is 0.0876 e. The van der Waals surface area contributed by atoms with Crippen LogP contribution in [-0.2, 0) is 0 Å². The first kappa shape index (κ1) is 5.99. The van der Waals surface area contributed by atoms with Crippen molar-refractivity contribution in [2.45, 2.75) is 5.38 Å². The number of hydrogen-bond acceptors (Lipinski definition) is 1. The molecule has 1 unspecified atom stereocenters. The van der Waals surface area contributed by atoms with E-state index in [9.17, 15) is 0 Å². The molecule has 0 aromatic heterocycles. The molecule has 0 aliphatic heterocycles. The van der Waals surface area contributed by atoms with Crippen LogP contribution >= 0.6 is 23.8 Å². The molecule has 1 atom stereocenters. The summed E-state index contributed by atoms with van der Waals surface area (Å²) in [6.45, 7) is 0. The van der Waals surface area contributed by atoms with Crippen molar-refractivity contribution in [2.24, 2.45) is 0 Å². The number of thiocarbonyl (C=S) groups is 1. The molecule has 0 aromatic carbocycles. The van der Waals surface area contributed by atoms with E-state index in [0.29, 0.717) is 4.86 Å². The Morgan fingerprint density at radius 2 is 2.50 bits per heavy atom. The topological polar surface area (TPSA) is 0 Å². The highest BCUT2D eigenvalue weighted by atomic mass is 35.5. The number of hydrogen-bond donors (Lipinski definition) is 0. The maximum absolute atomic E-state index is 5.66. The lowest BCUT2D eigenvalue weighted by Crippen LogP contribution is -2.07. The van der Waals surface area contributed by atoms with Crippen molar-refractivity contribution in [1.82, 2.24) is 0 Å². The average molecular weight is 144 g/mol. The van der Waals surface area contributed by atoms with Crippen molar-refractivity contribution in [1.29, 1.82) is 0 Å². The quantitative estimate of drug-likeness (QED) is 0.369. The van der Waals surface area contributed by atoms with E-state index in [1.165, 1.54) is 0 Å². The Morgan fingerprint density at radius 3 is 2.88 bits per heavy atom. The lowest BCUT2D eigenvalue weighted by atomic mass is 10.2. The standard InChI is InChI=1S/C6H4ClS/c7-5-3-1-2-4-6(5)8/h1-3,5H. The number of allylic oxidation sites excluding steroid dienone is 4. The molecule has 2 heteroatoms. The molecule has 0 amide bonds. The van der Waals surface area contributed by atoms with Crippen LogP contribution in [0.1, 0.15) is 0 Å². The van der Waals surface area contributed by atoms with Gasteiger partial charge in [-0.3, -0.25) is 0 Å². The summed E-state index contributed by atoms with van der Waals surface area (Å²) >= 11 is 10.5. The van der Waals surface area contributed by atoms with E-state index in [0.717, 1.165) is 0 Å². The van der Waals surface area contributed by atoms with E-state index < -0.39 is 0 Å². The summed E-state index contributed by atoms with van der Waals surface area (Å²) in [5.41, 5.74) is 0. The zero-order chi connectivity index (χ0) is 5.98. The first-order chi connectivity index (χ1) is 3.80. The molecule has 0 nitrogen and oxygen atoms in total. The molecule has 0 heterocycles. The van der Waals surface area contributed by atoms with Crippen LogP contribution in [0.5, 0.6) is 0 Å². The largest absolute Gasteiger partial charge is 0.112 e. The molecule has 1 aliphatic carbocycles. The third-order valence-corrected chi connectivity index (χ3v) is 1.72. The van der Waals surface area contributed by atoms with Crippen molar-refractivity contribution in [3.63, 3.8) is 0 Å². The van der Waals surface area contributed by atoms with Crippen molar-refractivity contribution >= 4 is 28.7 Å². The average Bonchev–Trinajstić information content (AvgIpc) is 1.77. The Morgan fingerprint density at radius 1 is 1.75 bits per heavy atom. The first-order valence-electron chi connectivity index (χ1n) is 2.25. The zero-order valence-corrected chi connectivity index (χ0v) is 5.67. The van der Waals surface area contributed by atoms with Crippen LogP contribution in [-0.4, -0.2) is 10.2 Å². The summed E-state index contributed by atoms with van der Waals surface area (Å²) in [5.74, 6) is 0. The molecule has 1 aliphatic rings. The second-order valence-corrected chi connectivity index (χ2v) is 2.37.